The van der Waals surface area contributed by atoms with Crippen LogP contribution in [0.25, 0.3) is 0 Å². The van der Waals surface area contributed by atoms with E-state index in [4.69, 9.17) is 9.47 Å². The van der Waals surface area contributed by atoms with Gasteiger partial charge in [-0.15, -0.1) is 0 Å². The van der Waals surface area contributed by atoms with E-state index in [0.29, 0.717) is 12.2 Å². The molecule has 35 heavy (non-hydrogen) atoms. The summed E-state index contributed by atoms with van der Waals surface area (Å²) >= 11 is 0. The first kappa shape index (κ1) is 26.4. The number of amides is 1. The zero-order valence-electron chi connectivity index (χ0n) is 21.0. The van der Waals surface area contributed by atoms with Gasteiger partial charge in [-0.1, -0.05) is 92.7 Å². The minimum atomic E-state index is -0.958. The second-order valence-corrected chi connectivity index (χ2v) is 11.9. The van der Waals surface area contributed by atoms with Crippen molar-refractivity contribution in [1.82, 2.24) is 5.32 Å². The van der Waals surface area contributed by atoms with E-state index in [1.54, 1.807) is 20.8 Å². The van der Waals surface area contributed by atoms with Crippen LogP contribution in [0.2, 0.25) is 0 Å². The molecule has 1 N–H and O–H groups in total. The number of hydrogen-bond acceptors (Lipinski definition) is 4. The van der Waals surface area contributed by atoms with Crippen molar-refractivity contribution >= 4 is 35.9 Å². The number of benzene rings is 3. The first-order valence-electron chi connectivity index (χ1n) is 11.8. The second-order valence-electron chi connectivity index (χ2n) is 9.72. The molecular formula is C29H34NO4P. The molecule has 0 aliphatic heterocycles. The van der Waals surface area contributed by atoms with E-state index in [1.165, 1.54) is 0 Å². The van der Waals surface area contributed by atoms with Gasteiger partial charge in [-0.2, -0.15) is 0 Å². The van der Waals surface area contributed by atoms with Gasteiger partial charge in [-0.05, 0) is 57.7 Å². The monoisotopic (exact) mass is 491 g/mol. The highest BCUT2D eigenvalue weighted by molar-refractivity contribution is 7.80. The number of carbonyl (C=O) groups excluding carboxylic acids is 2. The molecule has 0 fully saturated rings. The van der Waals surface area contributed by atoms with Gasteiger partial charge in [0.25, 0.3) is 0 Å². The third-order valence-corrected chi connectivity index (χ3v) is 7.51. The van der Waals surface area contributed by atoms with E-state index >= 15 is 0 Å². The van der Waals surface area contributed by atoms with Crippen LogP contribution in [-0.4, -0.2) is 23.7 Å². The van der Waals surface area contributed by atoms with Gasteiger partial charge in [0.15, 0.2) is 0 Å². The largest absolute Gasteiger partial charge is 0.444 e. The molecule has 184 valence electrons. The van der Waals surface area contributed by atoms with Crippen molar-refractivity contribution in [1.29, 1.82) is 0 Å². The summed E-state index contributed by atoms with van der Waals surface area (Å²) in [5, 5.41) is 5.96. The molecule has 0 saturated heterocycles. The zero-order chi connectivity index (χ0) is 25.4. The van der Waals surface area contributed by atoms with Crippen LogP contribution in [0.5, 0.6) is 5.75 Å². The lowest BCUT2D eigenvalue weighted by Gasteiger charge is -2.25. The van der Waals surface area contributed by atoms with Crippen LogP contribution in [-0.2, 0) is 9.53 Å². The Morgan fingerprint density at radius 1 is 0.829 bits per heavy atom. The van der Waals surface area contributed by atoms with Crippen molar-refractivity contribution in [2.75, 3.05) is 0 Å². The minimum absolute atomic E-state index is 0.170. The highest BCUT2D eigenvalue weighted by atomic mass is 31.1. The van der Waals surface area contributed by atoms with Crippen molar-refractivity contribution in [2.24, 2.45) is 5.92 Å². The lowest BCUT2D eigenvalue weighted by Crippen LogP contribution is -2.46. The Labute approximate surface area is 209 Å². The third kappa shape index (κ3) is 7.93. The Morgan fingerprint density at radius 2 is 1.34 bits per heavy atom. The maximum atomic E-state index is 13.3. The fraction of sp³-hybridized carbons (Fsp3) is 0.310. The van der Waals surface area contributed by atoms with Gasteiger partial charge in [0.2, 0.25) is 0 Å². The van der Waals surface area contributed by atoms with Crippen molar-refractivity contribution in [3.05, 3.63) is 84.9 Å². The molecule has 0 bridgehead atoms. The van der Waals surface area contributed by atoms with Gasteiger partial charge in [0.1, 0.15) is 17.4 Å². The average molecular weight is 492 g/mol. The average Bonchev–Trinajstić information content (AvgIpc) is 2.80. The Bertz CT molecular complexity index is 1070. The topological polar surface area (TPSA) is 64.6 Å². The molecule has 0 spiro atoms. The normalized spacial score (nSPS) is 12.3. The molecule has 0 saturated carbocycles. The van der Waals surface area contributed by atoms with E-state index in [-0.39, 0.29) is 5.92 Å². The van der Waals surface area contributed by atoms with Gasteiger partial charge >= 0.3 is 12.1 Å². The molecule has 0 heterocycles. The molecule has 3 aromatic carbocycles. The predicted molar refractivity (Wildman–Crippen MR) is 143 cm³/mol. The quantitative estimate of drug-likeness (QED) is 0.264. The molecule has 0 aromatic heterocycles. The zero-order valence-corrected chi connectivity index (χ0v) is 21.9. The van der Waals surface area contributed by atoms with E-state index in [9.17, 15) is 9.59 Å². The van der Waals surface area contributed by atoms with Crippen LogP contribution in [0, 0.1) is 5.92 Å². The van der Waals surface area contributed by atoms with Crippen LogP contribution in [0.3, 0.4) is 0 Å². The van der Waals surface area contributed by atoms with Gasteiger partial charge in [0, 0.05) is 5.30 Å². The van der Waals surface area contributed by atoms with Crippen molar-refractivity contribution in [3.8, 4) is 5.75 Å². The van der Waals surface area contributed by atoms with Crippen molar-refractivity contribution in [3.63, 3.8) is 0 Å². The van der Waals surface area contributed by atoms with E-state index in [2.05, 4.69) is 29.6 Å². The van der Waals surface area contributed by atoms with E-state index in [0.717, 1.165) is 15.9 Å². The summed E-state index contributed by atoms with van der Waals surface area (Å²) in [5.74, 6) is 0.160. The minimum Gasteiger partial charge on any atom is -0.444 e. The number of nitrogens with one attached hydrogen (secondary N) is 1. The molecule has 1 amide bonds. The lowest BCUT2D eigenvalue weighted by atomic mass is 10.0. The van der Waals surface area contributed by atoms with E-state index in [1.807, 2.05) is 74.5 Å². The van der Waals surface area contributed by atoms with Crippen molar-refractivity contribution in [2.45, 2.75) is 52.7 Å². The van der Waals surface area contributed by atoms with Gasteiger partial charge in [0.05, 0.1) is 0 Å². The Balaban J connectivity index is 1.93. The Hall–Kier alpha value is -3.17. The molecule has 0 aliphatic rings. The number of rotatable bonds is 8. The first-order chi connectivity index (χ1) is 16.6. The molecule has 0 unspecified atom stereocenters. The van der Waals surface area contributed by atoms with Gasteiger partial charge < -0.3 is 14.8 Å². The molecular weight excluding hydrogens is 457 g/mol. The summed E-state index contributed by atoms with van der Waals surface area (Å²) in [6.45, 7) is 9.35. The highest BCUT2D eigenvalue weighted by Crippen LogP contribution is 2.36. The van der Waals surface area contributed by atoms with Crippen LogP contribution in [0.1, 0.15) is 41.0 Å². The van der Waals surface area contributed by atoms with Crippen molar-refractivity contribution < 1.29 is 19.1 Å². The summed E-state index contributed by atoms with van der Waals surface area (Å²) in [7, 11) is -0.958. The summed E-state index contributed by atoms with van der Waals surface area (Å²) in [5.41, 5.74) is -0.663. The summed E-state index contributed by atoms with van der Waals surface area (Å²) in [4.78, 5) is 25.7. The third-order valence-electron chi connectivity index (χ3n) is 5.03. The first-order valence-corrected chi connectivity index (χ1v) is 13.2. The Morgan fingerprint density at radius 3 is 1.86 bits per heavy atom. The molecule has 0 aliphatic carbocycles. The fourth-order valence-corrected chi connectivity index (χ4v) is 6.00. The maximum absolute atomic E-state index is 13.3. The smallest absolute Gasteiger partial charge is 0.408 e. The van der Waals surface area contributed by atoms with Gasteiger partial charge in [-0.3, -0.25) is 0 Å². The fourth-order valence-electron chi connectivity index (χ4n) is 3.62. The molecule has 5 nitrogen and oxygen atoms in total. The van der Waals surface area contributed by atoms with Crippen LogP contribution >= 0.6 is 7.92 Å². The van der Waals surface area contributed by atoms with Crippen LogP contribution in [0.4, 0.5) is 4.79 Å². The Kier molecular flexibility index (Phi) is 9.06. The van der Waals surface area contributed by atoms with Crippen LogP contribution < -0.4 is 26.0 Å². The van der Waals surface area contributed by atoms with E-state index < -0.39 is 31.6 Å². The van der Waals surface area contributed by atoms with Crippen LogP contribution in [0.15, 0.2) is 84.9 Å². The standard InChI is InChI=1S/C29H34NO4P/c1-21(2)20-24(30-28(32)34-29(3,4)5)27(31)33-25-18-12-13-19-26(25)35(22-14-8-6-9-15-22)23-16-10-7-11-17-23/h6-19,21,24H,20H2,1-5H3,(H,30,32)/t24-/m0/s1. The molecule has 3 aromatic rings. The number of para-hydroxylation sites is 1. The molecule has 1 atom stereocenters. The number of esters is 1. The predicted octanol–water partition coefficient (Wildman–Crippen LogP) is 5.29. The summed E-state index contributed by atoms with van der Waals surface area (Å²) in [6.07, 6.45) is -0.198. The maximum Gasteiger partial charge on any atom is 0.408 e. The number of alkyl carbamates (subject to hydrolysis) is 1. The second kappa shape index (κ2) is 12.0. The summed E-state index contributed by atoms with van der Waals surface area (Å²) < 4.78 is 11.3. The summed E-state index contributed by atoms with van der Waals surface area (Å²) in [6, 6.07) is 27.3. The lowest BCUT2D eigenvalue weighted by molar-refractivity contribution is -0.137. The number of ether oxygens (including phenoxy) is 2. The number of carbonyl (C=O) groups is 2. The molecule has 3 rings (SSSR count). The SMILES string of the molecule is CC(C)C[C@H](NC(=O)OC(C)(C)C)C(=O)Oc1ccccc1P(c1ccccc1)c1ccccc1. The highest BCUT2D eigenvalue weighted by Gasteiger charge is 2.28. The molecule has 6 heteroatoms. The van der Waals surface area contributed by atoms with Gasteiger partial charge in [-0.25, -0.2) is 9.59 Å². The number of hydrogen-bond donors (Lipinski definition) is 1. The molecule has 0 radical (unpaired) electrons.